The number of hydrogen-bond donors (Lipinski definition) is 1. The number of amides is 1. The van der Waals surface area contributed by atoms with Crippen LogP contribution in [0, 0.1) is 0 Å². The van der Waals surface area contributed by atoms with Gasteiger partial charge in [-0.3, -0.25) is 9.59 Å². The summed E-state index contributed by atoms with van der Waals surface area (Å²) in [5, 5.41) is 3.89. The summed E-state index contributed by atoms with van der Waals surface area (Å²) in [7, 11) is 0. The third-order valence-corrected chi connectivity index (χ3v) is 5.13. The van der Waals surface area contributed by atoms with Gasteiger partial charge in [-0.1, -0.05) is 53.5 Å². The van der Waals surface area contributed by atoms with E-state index in [-0.39, 0.29) is 17.9 Å². The van der Waals surface area contributed by atoms with Crippen molar-refractivity contribution in [3.63, 3.8) is 0 Å². The molecule has 3 aromatic rings. The molecule has 0 saturated heterocycles. The zero-order chi connectivity index (χ0) is 21.0. The maximum Gasteiger partial charge on any atom is 0.308 e. The molecule has 0 radical (unpaired) electrons. The molecule has 148 valence electrons. The summed E-state index contributed by atoms with van der Waals surface area (Å²) in [6, 6.07) is 19.6. The van der Waals surface area contributed by atoms with Crippen molar-refractivity contribution < 1.29 is 14.3 Å². The van der Waals surface area contributed by atoms with Crippen molar-refractivity contribution >= 4 is 35.1 Å². The van der Waals surface area contributed by atoms with Gasteiger partial charge >= 0.3 is 5.97 Å². The van der Waals surface area contributed by atoms with Crippen LogP contribution in [-0.4, -0.2) is 11.9 Å². The lowest BCUT2D eigenvalue weighted by molar-refractivity contribution is -0.131. The van der Waals surface area contributed by atoms with Gasteiger partial charge < -0.3 is 10.1 Å². The second-order valence-corrected chi connectivity index (χ2v) is 7.38. The fraction of sp³-hybridized carbons (Fsp3) is 0.130. The number of hydrogen-bond acceptors (Lipinski definition) is 3. The van der Waals surface area contributed by atoms with Gasteiger partial charge in [0.1, 0.15) is 5.75 Å². The van der Waals surface area contributed by atoms with E-state index in [2.05, 4.69) is 5.32 Å². The Balaban J connectivity index is 1.68. The van der Waals surface area contributed by atoms with E-state index < -0.39 is 0 Å². The third-order valence-electron chi connectivity index (χ3n) is 4.39. The Morgan fingerprint density at radius 1 is 0.862 bits per heavy atom. The van der Waals surface area contributed by atoms with Crippen LogP contribution in [0.4, 0.5) is 0 Å². The number of ether oxygens (including phenoxy) is 1. The predicted molar refractivity (Wildman–Crippen MR) is 116 cm³/mol. The van der Waals surface area contributed by atoms with Crippen molar-refractivity contribution in [2.24, 2.45) is 0 Å². The SMILES string of the molecule is CC(=O)Oc1ccc(-c2ccc(C(=O)NC(C)c3ccc(Cl)c(Cl)c3)cc2)cc1. The fourth-order valence-electron chi connectivity index (χ4n) is 2.84. The maximum atomic E-state index is 12.6. The van der Waals surface area contributed by atoms with Crippen molar-refractivity contribution in [3.05, 3.63) is 87.9 Å². The fourth-order valence-corrected chi connectivity index (χ4v) is 3.15. The summed E-state index contributed by atoms with van der Waals surface area (Å²) in [6.07, 6.45) is 0. The molecule has 4 nitrogen and oxygen atoms in total. The van der Waals surface area contributed by atoms with Gasteiger partial charge in [0.15, 0.2) is 0 Å². The Kier molecular flexibility index (Phi) is 6.57. The molecule has 0 saturated carbocycles. The second-order valence-electron chi connectivity index (χ2n) is 6.56. The molecule has 0 heterocycles. The van der Waals surface area contributed by atoms with Crippen LogP contribution in [0.1, 0.15) is 35.8 Å². The third kappa shape index (κ3) is 5.37. The lowest BCUT2D eigenvalue weighted by atomic mass is 10.0. The van der Waals surface area contributed by atoms with E-state index >= 15 is 0 Å². The molecule has 0 spiro atoms. The van der Waals surface area contributed by atoms with Gasteiger partial charge in [0, 0.05) is 12.5 Å². The first-order valence-electron chi connectivity index (χ1n) is 8.98. The van der Waals surface area contributed by atoms with Crippen molar-refractivity contribution in [1.82, 2.24) is 5.32 Å². The summed E-state index contributed by atoms with van der Waals surface area (Å²) in [4.78, 5) is 23.6. The summed E-state index contributed by atoms with van der Waals surface area (Å²) in [5.41, 5.74) is 3.33. The first-order chi connectivity index (χ1) is 13.8. The largest absolute Gasteiger partial charge is 0.427 e. The number of halogens is 2. The van der Waals surface area contributed by atoms with Crippen LogP contribution < -0.4 is 10.1 Å². The van der Waals surface area contributed by atoms with Gasteiger partial charge in [0.2, 0.25) is 0 Å². The van der Waals surface area contributed by atoms with Crippen LogP contribution in [0.15, 0.2) is 66.7 Å². The van der Waals surface area contributed by atoms with Crippen LogP contribution in [0.3, 0.4) is 0 Å². The second kappa shape index (κ2) is 9.12. The lowest BCUT2D eigenvalue weighted by Gasteiger charge is -2.15. The highest BCUT2D eigenvalue weighted by atomic mass is 35.5. The van der Waals surface area contributed by atoms with E-state index in [9.17, 15) is 9.59 Å². The molecule has 3 aromatic carbocycles. The molecule has 6 heteroatoms. The lowest BCUT2D eigenvalue weighted by Crippen LogP contribution is -2.26. The Hall–Kier alpha value is -2.82. The van der Waals surface area contributed by atoms with Gasteiger partial charge in [-0.15, -0.1) is 0 Å². The van der Waals surface area contributed by atoms with Gasteiger partial charge in [0.25, 0.3) is 5.91 Å². The van der Waals surface area contributed by atoms with E-state index in [1.807, 2.05) is 37.3 Å². The molecule has 0 fully saturated rings. The molecule has 0 aliphatic heterocycles. The number of rotatable bonds is 5. The van der Waals surface area contributed by atoms with E-state index in [1.165, 1.54) is 6.92 Å². The Morgan fingerprint density at radius 3 is 2.00 bits per heavy atom. The number of esters is 1. The standard InChI is InChI=1S/C23H19Cl2NO3/c1-14(19-9-12-21(24)22(25)13-19)26-23(28)18-5-3-16(4-6-18)17-7-10-20(11-8-17)29-15(2)27/h3-14H,1-2H3,(H,26,28). The van der Waals surface area contributed by atoms with Crippen molar-refractivity contribution in [1.29, 1.82) is 0 Å². The van der Waals surface area contributed by atoms with E-state index in [4.69, 9.17) is 27.9 Å². The topological polar surface area (TPSA) is 55.4 Å². The van der Waals surface area contributed by atoms with Gasteiger partial charge in [-0.05, 0) is 60.0 Å². The molecular weight excluding hydrogens is 409 g/mol. The minimum atomic E-state index is -0.358. The maximum absolute atomic E-state index is 12.6. The first kappa shape index (κ1) is 20.9. The highest BCUT2D eigenvalue weighted by Gasteiger charge is 2.13. The molecular formula is C23H19Cl2NO3. The van der Waals surface area contributed by atoms with E-state index in [1.54, 1.807) is 36.4 Å². The summed E-state index contributed by atoms with van der Waals surface area (Å²) < 4.78 is 5.04. The molecule has 0 bridgehead atoms. The van der Waals surface area contributed by atoms with Crippen LogP contribution in [0.2, 0.25) is 10.0 Å². The molecule has 0 aliphatic carbocycles. The molecule has 0 aromatic heterocycles. The van der Waals surface area contributed by atoms with Crippen molar-refractivity contribution in [3.8, 4) is 16.9 Å². The average Bonchev–Trinajstić information content (AvgIpc) is 2.70. The van der Waals surface area contributed by atoms with Crippen molar-refractivity contribution in [2.45, 2.75) is 19.9 Å². The average molecular weight is 428 g/mol. The molecule has 1 amide bonds. The number of carbonyl (C=O) groups is 2. The highest BCUT2D eigenvalue weighted by Crippen LogP contribution is 2.26. The Labute approximate surface area is 179 Å². The minimum absolute atomic E-state index is 0.180. The zero-order valence-electron chi connectivity index (χ0n) is 15.9. The van der Waals surface area contributed by atoms with Crippen LogP contribution >= 0.6 is 23.2 Å². The minimum Gasteiger partial charge on any atom is -0.427 e. The van der Waals surface area contributed by atoms with Gasteiger partial charge in [-0.25, -0.2) is 0 Å². The smallest absolute Gasteiger partial charge is 0.308 e. The van der Waals surface area contributed by atoms with E-state index in [0.29, 0.717) is 21.4 Å². The Bertz CT molecular complexity index is 1030. The summed E-state index contributed by atoms with van der Waals surface area (Å²) in [5.74, 6) is -0.0444. The predicted octanol–water partition coefficient (Wildman–Crippen LogP) is 6.08. The highest BCUT2D eigenvalue weighted by molar-refractivity contribution is 6.42. The normalized spacial score (nSPS) is 11.6. The molecule has 29 heavy (non-hydrogen) atoms. The van der Waals surface area contributed by atoms with Gasteiger partial charge in [0.05, 0.1) is 16.1 Å². The summed E-state index contributed by atoms with van der Waals surface area (Å²) in [6.45, 7) is 3.25. The van der Waals surface area contributed by atoms with Crippen molar-refractivity contribution in [2.75, 3.05) is 0 Å². The van der Waals surface area contributed by atoms with Gasteiger partial charge in [-0.2, -0.15) is 0 Å². The van der Waals surface area contributed by atoms with Crippen LogP contribution in [0.25, 0.3) is 11.1 Å². The molecule has 0 aliphatic rings. The van der Waals surface area contributed by atoms with Crippen LogP contribution in [0.5, 0.6) is 5.75 Å². The summed E-state index contributed by atoms with van der Waals surface area (Å²) >= 11 is 12.0. The molecule has 1 N–H and O–H groups in total. The van der Waals surface area contributed by atoms with Crippen LogP contribution in [-0.2, 0) is 4.79 Å². The van der Waals surface area contributed by atoms with E-state index in [0.717, 1.165) is 16.7 Å². The zero-order valence-corrected chi connectivity index (χ0v) is 17.4. The first-order valence-corrected chi connectivity index (χ1v) is 9.74. The number of benzene rings is 3. The Morgan fingerprint density at radius 2 is 1.45 bits per heavy atom. The molecule has 1 atom stereocenters. The number of nitrogens with one attached hydrogen (secondary N) is 1. The quantitative estimate of drug-likeness (QED) is 0.396. The molecule has 1 unspecified atom stereocenters. The molecule has 3 rings (SSSR count). The number of carbonyl (C=O) groups excluding carboxylic acids is 2. The monoisotopic (exact) mass is 427 g/mol.